The summed E-state index contributed by atoms with van der Waals surface area (Å²) in [4.78, 5) is 4.55. The normalized spacial score (nSPS) is 10.5. The number of hydrogen-bond donors (Lipinski definition) is 1. The molecule has 0 radical (unpaired) electrons. The summed E-state index contributed by atoms with van der Waals surface area (Å²) < 4.78 is 0. The molecule has 0 atom stereocenters. The number of hydrogen-bond acceptors (Lipinski definition) is 3. The van der Waals surface area contributed by atoms with Gasteiger partial charge in [0.05, 0.1) is 5.69 Å². The molecule has 15 heavy (non-hydrogen) atoms. The largest absolute Gasteiger partial charge is 0.326 e. The van der Waals surface area contributed by atoms with Crippen molar-refractivity contribution in [3.63, 3.8) is 0 Å². The van der Waals surface area contributed by atoms with E-state index in [0.717, 1.165) is 22.7 Å². The molecule has 0 aliphatic carbocycles. The van der Waals surface area contributed by atoms with Crippen LogP contribution in [-0.4, -0.2) is 4.98 Å². The van der Waals surface area contributed by atoms with Gasteiger partial charge in [-0.2, -0.15) is 0 Å². The minimum absolute atomic E-state index is 0.583. The summed E-state index contributed by atoms with van der Waals surface area (Å²) >= 11 is 1.69. The van der Waals surface area contributed by atoms with E-state index < -0.39 is 0 Å². The molecule has 1 aromatic heterocycles. The lowest BCUT2D eigenvalue weighted by molar-refractivity contribution is 1.06. The summed E-state index contributed by atoms with van der Waals surface area (Å²) in [6.07, 6.45) is 0.993. The van der Waals surface area contributed by atoms with Crippen LogP contribution in [-0.2, 0) is 13.0 Å². The van der Waals surface area contributed by atoms with E-state index in [9.17, 15) is 0 Å². The predicted octanol–water partition coefficient (Wildman–Crippen LogP) is 2.83. The Morgan fingerprint density at radius 1 is 1.40 bits per heavy atom. The Labute approximate surface area is 93.8 Å². The fraction of sp³-hybridized carbons (Fsp3) is 0.250. The van der Waals surface area contributed by atoms with E-state index in [1.165, 1.54) is 5.56 Å². The average Bonchev–Trinajstić information content (AvgIpc) is 2.78. The van der Waals surface area contributed by atoms with Gasteiger partial charge < -0.3 is 5.73 Å². The van der Waals surface area contributed by atoms with Crippen LogP contribution < -0.4 is 5.73 Å². The standard InChI is InChI=1S/C12H14N2S/c1-2-11-8-15-12(14-11)10-5-3-4-9(6-10)7-13/h3-6,8H,2,7,13H2,1H3. The van der Waals surface area contributed by atoms with Crippen molar-refractivity contribution in [2.24, 2.45) is 5.73 Å². The van der Waals surface area contributed by atoms with E-state index in [1.807, 2.05) is 12.1 Å². The summed E-state index contributed by atoms with van der Waals surface area (Å²) in [5.74, 6) is 0. The van der Waals surface area contributed by atoms with Crippen LogP contribution in [0.5, 0.6) is 0 Å². The highest BCUT2D eigenvalue weighted by Gasteiger charge is 2.03. The SMILES string of the molecule is CCc1csc(-c2cccc(CN)c2)n1. The maximum absolute atomic E-state index is 5.61. The van der Waals surface area contributed by atoms with Gasteiger partial charge in [-0.15, -0.1) is 11.3 Å². The lowest BCUT2D eigenvalue weighted by atomic mass is 10.1. The topological polar surface area (TPSA) is 38.9 Å². The number of aryl methyl sites for hydroxylation is 1. The minimum Gasteiger partial charge on any atom is -0.326 e. The number of aromatic nitrogens is 1. The molecule has 0 amide bonds. The zero-order valence-electron chi connectivity index (χ0n) is 8.73. The van der Waals surface area contributed by atoms with Gasteiger partial charge in [0, 0.05) is 17.5 Å². The third-order valence-corrected chi connectivity index (χ3v) is 3.26. The smallest absolute Gasteiger partial charge is 0.123 e. The maximum atomic E-state index is 5.61. The van der Waals surface area contributed by atoms with Crippen molar-refractivity contribution in [1.29, 1.82) is 0 Å². The van der Waals surface area contributed by atoms with E-state index in [0.29, 0.717) is 6.54 Å². The Kier molecular flexibility index (Phi) is 3.14. The highest BCUT2D eigenvalue weighted by atomic mass is 32.1. The Hall–Kier alpha value is -1.19. The second-order valence-electron chi connectivity index (χ2n) is 3.40. The quantitative estimate of drug-likeness (QED) is 0.860. The molecule has 0 saturated carbocycles. The molecule has 0 spiro atoms. The minimum atomic E-state index is 0.583. The molecule has 1 heterocycles. The Balaban J connectivity index is 2.35. The van der Waals surface area contributed by atoms with Gasteiger partial charge in [0.2, 0.25) is 0 Å². The van der Waals surface area contributed by atoms with Gasteiger partial charge in [-0.25, -0.2) is 4.98 Å². The fourth-order valence-electron chi connectivity index (χ4n) is 1.43. The lowest BCUT2D eigenvalue weighted by Gasteiger charge is -1.99. The van der Waals surface area contributed by atoms with Gasteiger partial charge in [0.15, 0.2) is 0 Å². The van der Waals surface area contributed by atoms with Gasteiger partial charge in [0.25, 0.3) is 0 Å². The summed E-state index contributed by atoms with van der Waals surface area (Å²) in [7, 11) is 0. The molecule has 78 valence electrons. The van der Waals surface area contributed by atoms with Crippen molar-refractivity contribution >= 4 is 11.3 Å². The molecule has 2 aromatic rings. The van der Waals surface area contributed by atoms with Gasteiger partial charge in [0.1, 0.15) is 5.01 Å². The van der Waals surface area contributed by atoms with Crippen LogP contribution in [0, 0.1) is 0 Å². The molecular weight excluding hydrogens is 204 g/mol. The van der Waals surface area contributed by atoms with Crippen LogP contribution >= 0.6 is 11.3 Å². The van der Waals surface area contributed by atoms with E-state index in [4.69, 9.17) is 5.73 Å². The first-order valence-electron chi connectivity index (χ1n) is 5.07. The predicted molar refractivity (Wildman–Crippen MR) is 64.8 cm³/mol. The number of thiazole rings is 1. The second kappa shape index (κ2) is 4.55. The highest BCUT2D eigenvalue weighted by Crippen LogP contribution is 2.24. The zero-order chi connectivity index (χ0) is 10.7. The van der Waals surface area contributed by atoms with Crippen LogP contribution in [0.3, 0.4) is 0 Å². The van der Waals surface area contributed by atoms with Crippen LogP contribution in [0.1, 0.15) is 18.2 Å². The molecule has 0 fully saturated rings. The van der Waals surface area contributed by atoms with Gasteiger partial charge in [-0.05, 0) is 18.1 Å². The first-order valence-corrected chi connectivity index (χ1v) is 5.95. The first kappa shape index (κ1) is 10.3. The van der Waals surface area contributed by atoms with Crippen LogP contribution in [0.4, 0.5) is 0 Å². The number of benzene rings is 1. The average molecular weight is 218 g/mol. The van der Waals surface area contributed by atoms with Crippen LogP contribution in [0.25, 0.3) is 10.6 Å². The summed E-state index contributed by atoms with van der Waals surface area (Å²) in [6.45, 7) is 2.70. The van der Waals surface area contributed by atoms with Crippen LogP contribution in [0.15, 0.2) is 29.6 Å². The summed E-state index contributed by atoms with van der Waals surface area (Å²) in [5, 5.41) is 3.20. The molecule has 0 bridgehead atoms. The third kappa shape index (κ3) is 2.25. The van der Waals surface area contributed by atoms with Crippen molar-refractivity contribution in [2.75, 3.05) is 0 Å². The van der Waals surface area contributed by atoms with Crippen molar-refractivity contribution in [2.45, 2.75) is 19.9 Å². The molecule has 2 N–H and O–H groups in total. The third-order valence-electron chi connectivity index (χ3n) is 2.32. The molecule has 2 rings (SSSR count). The van der Waals surface area contributed by atoms with Crippen LogP contribution in [0.2, 0.25) is 0 Å². The molecule has 2 nitrogen and oxygen atoms in total. The molecule has 0 saturated heterocycles. The van der Waals surface area contributed by atoms with Crippen molar-refractivity contribution in [3.8, 4) is 10.6 Å². The molecule has 0 aliphatic rings. The number of nitrogens with zero attached hydrogens (tertiary/aromatic N) is 1. The Bertz CT molecular complexity index is 448. The fourth-order valence-corrected chi connectivity index (χ4v) is 2.33. The molecule has 0 unspecified atom stereocenters. The molecular formula is C12H14N2S. The maximum Gasteiger partial charge on any atom is 0.123 e. The van der Waals surface area contributed by atoms with Crippen molar-refractivity contribution in [1.82, 2.24) is 4.98 Å². The van der Waals surface area contributed by atoms with E-state index in [-0.39, 0.29) is 0 Å². The van der Waals surface area contributed by atoms with Crippen molar-refractivity contribution in [3.05, 3.63) is 40.9 Å². The van der Waals surface area contributed by atoms with E-state index >= 15 is 0 Å². The lowest BCUT2D eigenvalue weighted by Crippen LogP contribution is -1.95. The zero-order valence-corrected chi connectivity index (χ0v) is 9.55. The van der Waals surface area contributed by atoms with Crippen molar-refractivity contribution < 1.29 is 0 Å². The number of nitrogens with two attached hydrogens (primary N) is 1. The molecule has 1 aromatic carbocycles. The van der Waals surface area contributed by atoms with Gasteiger partial charge in [-0.3, -0.25) is 0 Å². The summed E-state index contributed by atoms with van der Waals surface area (Å²) in [6, 6.07) is 8.26. The Morgan fingerprint density at radius 3 is 2.93 bits per heavy atom. The number of rotatable bonds is 3. The van der Waals surface area contributed by atoms with Gasteiger partial charge >= 0.3 is 0 Å². The molecule has 3 heteroatoms. The Morgan fingerprint density at radius 2 is 2.27 bits per heavy atom. The van der Waals surface area contributed by atoms with Gasteiger partial charge in [-0.1, -0.05) is 25.1 Å². The van der Waals surface area contributed by atoms with E-state index in [1.54, 1.807) is 11.3 Å². The van der Waals surface area contributed by atoms with E-state index in [2.05, 4.69) is 29.4 Å². The highest BCUT2D eigenvalue weighted by molar-refractivity contribution is 7.13. The monoisotopic (exact) mass is 218 g/mol. The first-order chi connectivity index (χ1) is 7.33. The molecule has 0 aliphatic heterocycles. The second-order valence-corrected chi connectivity index (χ2v) is 4.26. The summed E-state index contributed by atoms with van der Waals surface area (Å²) in [5.41, 5.74) is 9.09.